The largest absolute Gasteiger partial charge is 0.317 e. The van der Waals surface area contributed by atoms with Crippen LogP contribution in [0, 0.1) is 5.82 Å². The van der Waals surface area contributed by atoms with Crippen LogP contribution in [0.15, 0.2) is 30.3 Å². The van der Waals surface area contributed by atoms with Crippen molar-refractivity contribution in [1.29, 1.82) is 0 Å². The van der Waals surface area contributed by atoms with Crippen molar-refractivity contribution in [1.82, 2.24) is 5.32 Å². The molecule has 1 aliphatic rings. The lowest BCUT2D eigenvalue weighted by Gasteiger charge is -2.21. The molecular weight excluding hydrogens is 189 g/mol. The maximum atomic E-state index is 12.7. The summed E-state index contributed by atoms with van der Waals surface area (Å²) < 4.78 is 12.7. The van der Waals surface area contributed by atoms with Gasteiger partial charge in [-0.2, -0.15) is 0 Å². The van der Waals surface area contributed by atoms with E-state index in [1.807, 2.05) is 19.2 Å². The Kier molecular flexibility index (Phi) is 3.17. The summed E-state index contributed by atoms with van der Waals surface area (Å²) in [6.07, 6.45) is 5.58. The molecule has 2 heteroatoms. The van der Waals surface area contributed by atoms with Gasteiger partial charge in [-0.3, -0.25) is 0 Å². The van der Waals surface area contributed by atoms with E-state index in [-0.39, 0.29) is 5.82 Å². The Morgan fingerprint density at radius 3 is 2.53 bits per heavy atom. The number of rotatable bonds is 2. The first kappa shape index (κ1) is 10.4. The zero-order chi connectivity index (χ0) is 10.7. The van der Waals surface area contributed by atoms with E-state index in [1.165, 1.54) is 24.1 Å². The first-order valence-corrected chi connectivity index (χ1v) is 5.42. The number of halogens is 1. The average Bonchev–Trinajstić information content (AvgIpc) is 2.30. The fourth-order valence-corrected chi connectivity index (χ4v) is 2.02. The van der Waals surface area contributed by atoms with Crippen molar-refractivity contribution < 1.29 is 4.39 Å². The molecule has 0 aliphatic heterocycles. The zero-order valence-corrected chi connectivity index (χ0v) is 8.96. The highest BCUT2D eigenvalue weighted by Crippen LogP contribution is 2.26. The molecule has 0 amide bonds. The van der Waals surface area contributed by atoms with Crippen molar-refractivity contribution in [2.45, 2.75) is 25.3 Å². The molecule has 80 valence electrons. The van der Waals surface area contributed by atoms with E-state index in [9.17, 15) is 4.39 Å². The highest BCUT2D eigenvalue weighted by atomic mass is 19.1. The summed E-state index contributed by atoms with van der Waals surface area (Å²) in [5, 5.41) is 3.28. The van der Waals surface area contributed by atoms with Crippen molar-refractivity contribution in [2.75, 3.05) is 7.05 Å². The van der Waals surface area contributed by atoms with Gasteiger partial charge in [0.15, 0.2) is 0 Å². The molecule has 1 aromatic rings. The highest BCUT2D eigenvalue weighted by molar-refractivity contribution is 5.66. The molecule has 1 unspecified atom stereocenters. The first-order valence-electron chi connectivity index (χ1n) is 5.42. The number of hydrogen-bond acceptors (Lipinski definition) is 1. The quantitative estimate of drug-likeness (QED) is 0.782. The summed E-state index contributed by atoms with van der Waals surface area (Å²) in [5.74, 6) is -0.164. The Balaban J connectivity index is 2.12. The van der Waals surface area contributed by atoms with Gasteiger partial charge < -0.3 is 5.32 Å². The van der Waals surface area contributed by atoms with E-state index >= 15 is 0 Å². The second-order valence-electron chi connectivity index (χ2n) is 4.00. The minimum Gasteiger partial charge on any atom is -0.317 e. The average molecular weight is 205 g/mol. The third-order valence-electron chi connectivity index (χ3n) is 3.03. The minimum atomic E-state index is -0.164. The van der Waals surface area contributed by atoms with Crippen LogP contribution in [-0.4, -0.2) is 13.1 Å². The van der Waals surface area contributed by atoms with Crippen molar-refractivity contribution in [3.05, 3.63) is 41.7 Å². The van der Waals surface area contributed by atoms with Gasteiger partial charge in [-0.15, -0.1) is 0 Å². The van der Waals surface area contributed by atoms with Gasteiger partial charge in [0.2, 0.25) is 0 Å². The van der Waals surface area contributed by atoms with Gasteiger partial charge in [0.1, 0.15) is 5.82 Å². The van der Waals surface area contributed by atoms with E-state index in [2.05, 4.69) is 11.4 Å². The number of hydrogen-bond donors (Lipinski definition) is 1. The van der Waals surface area contributed by atoms with Gasteiger partial charge in [-0.05, 0) is 49.6 Å². The maximum Gasteiger partial charge on any atom is 0.123 e. The van der Waals surface area contributed by atoms with Crippen LogP contribution in [0.2, 0.25) is 0 Å². The molecule has 0 fully saturated rings. The third kappa shape index (κ3) is 2.45. The summed E-state index contributed by atoms with van der Waals surface area (Å²) >= 11 is 0. The zero-order valence-electron chi connectivity index (χ0n) is 8.96. The molecule has 0 bridgehead atoms. The molecule has 1 nitrogen and oxygen atoms in total. The van der Waals surface area contributed by atoms with Crippen LogP contribution in [0.25, 0.3) is 5.57 Å². The lowest BCUT2D eigenvalue weighted by atomic mass is 9.91. The summed E-state index contributed by atoms with van der Waals surface area (Å²) in [4.78, 5) is 0. The molecule has 1 aromatic carbocycles. The number of allylic oxidation sites excluding steroid dienone is 1. The fourth-order valence-electron chi connectivity index (χ4n) is 2.02. The maximum absolute atomic E-state index is 12.7. The molecule has 0 aromatic heterocycles. The van der Waals surface area contributed by atoms with Gasteiger partial charge in [-0.25, -0.2) is 4.39 Å². The van der Waals surface area contributed by atoms with E-state index in [0.29, 0.717) is 6.04 Å². The Morgan fingerprint density at radius 2 is 2.00 bits per heavy atom. The summed E-state index contributed by atoms with van der Waals surface area (Å²) in [6, 6.07) is 7.39. The second-order valence-corrected chi connectivity index (χ2v) is 4.00. The van der Waals surface area contributed by atoms with Crippen molar-refractivity contribution >= 4 is 5.57 Å². The van der Waals surface area contributed by atoms with Crippen LogP contribution in [0.1, 0.15) is 24.8 Å². The SMILES string of the molecule is CNC1CC=C(c2ccc(F)cc2)CC1. The van der Waals surface area contributed by atoms with Crippen LogP contribution in [-0.2, 0) is 0 Å². The first-order chi connectivity index (χ1) is 7.29. The molecule has 0 saturated carbocycles. The van der Waals surface area contributed by atoms with Crippen LogP contribution >= 0.6 is 0 Å². The van der Waals surface area contributed by atoms with E-state index in [4.69, 9.17) is 0 Å². The predicted molar refractivity (Wildman–Crippen MR) is 61.1 cm³/mol. The van der Waals surface area contributed by atoms with E-state index in [0.717, 1.165) is 18.4 Å². The van der Waals surface area contributed by atoms with Crippen LogP contribution in [0.3, 0.4) is 0 Å². The van der Waals surface area contributed by atoms with Gasteiger partial charge in [0.25, 0.3) is 0 Å². The smallest absolute Gasteiger partial charge is 0.123 e. The minimum absolute atomic E-state index is 0.164. The number of benzene rings is 1. The molecular formula is C13H16FN. The molecule has 0 heterocycles. The van der Waals surface area contributed by atoms with Crippen molar-refractivity contribution in [3.63, 3.8) is 0 Å². The lowest BCUT2D eigenvalue weighted by molar-refractivity contribution is 0.523. The Morgan fingerprint density at radius 1 is 1.27 bits per heavy atom. The molecule has 2 rings (SSSR count). The predicted octanol–water partition coefficient (Wildman–Crippen LogP) is 2.98. The van der Waals surface area contributed by atoms with Crippen LogP contribution < -0.4 is 5.32 Å². The molecule has 1 N–H and O–H groups in total. The van der Waals surface area contributed by atoms with Crippen LogP contribution in [0.4, 0.5) is 4.39 Å². The highest BCUT2D eigenvalue weighted by Gasteiger charge is 2.13. The normalized spacial score (nSPS) is 21.2. The van der Waals surface area contributed by atoms with Crippen LogP contribution in [0.5, 0.6) is 0 Å². The summed E-state index contributed by atoms with van der Waals surface area (Å²) in [5.41, 5.74) is 2.51. The Bertz CT molecular complexity index is 353. The van der Waals surface area contributed by atoms with E-state index in [1.54, 1.807) is 0 Å². The van der Waals surface area contributed by atoms with Crippen molar-refractivity contribution in [3.8, 4) is 0 Å². The number of nitrogens with one attached hydrogen (secondary N) is 1. The second kappa shape index (κ2) is 4.58. The summed E-state index contributed by atoms with van der Waals surface area (Å²) in [7, 11) is 2.00. The molecule has 0 saturated heterocycles. The Labute approximate surface area is 90.0 Å². The molecule has 0 radical (unpaired) electrons. The topological polar surface area (TPSA) is 12.0 Å². The molecule has 15 heavy (non-hydrogen) atoms. The molecule has 1 aliphatic carbocycles. The summed E-state index contributed by atoms with van der Waals surface area (Å²) in [6.45, 7) is 0. The standard InChI is InChI=1S/C13H16FN/c1-15-13-8-4-11(5-9-13)10-2-6-12(14)7-3-10/h2-4,6-7,13,15H,5,8-9H2,1H3. The molecule has 0 spiro atoms. The van der Waals surface area contributed by atoms with E-state index < -0.39 is 0 Å². The van der Waals surface area contributed by atoms with Gasteiger partial charge >= 0.3 is 0 Å². The van der Waals surface area contributed by atoms with Crippen molar-refractivity contribution in [2.24, 2.45) is 0 Å². The Hall–Kier alpha value is -1.15. The fraction of sp³-hybridized carbons (Fsp3) is 0.385. The molecule has 1 atom stereocenters. The monoisotopic (exact) mass is 205 g/mol. The third-order valence-corrected chi connectivity index (χ3v) is 3.03. The van der Waals surface area contributed by atoms with Gasteiger partial charge in [0, 0.05) is 6.04 Å². The lowest BCUT2D eigenvalue weighted by Crippen LogP contribution is -2.26. The van der Waals surface area contributed by atoms with Gasteiger partial charge in [-0.1, -0.05) is 18.2 Å². The van der Waals surface area contributed by atoms with Gasteiger partial charge in [0.05, 0.1) is 0 Å².